The quantitative estimate of drug-likeness (QED) is 0.403. The van der Waals surface area contributed by atoms with Crippen molar-refractivity contribution in [3.8, 4) is 0 Å². The molecule has 2 aromatic heterocycles. The summed E-state index contributed by atoms with van der Waals surface area (Å²) in [7, 11) is 1.96. The maximum Gasteiger partial charge on any atom is 0.235 e. The third-order valence-corrected chi connectivity index (χ3v) is 9.05. The van der Waals surface area contributed by atoms with E-state index in [0.29, 0.717) is 11.8 Å². The van der Waals surface area contributed by atoms with Gasteiger partial charge in [-0.15, -0.1) is 21.5 Å². The topological polar surface area (TPSA) is 63.9 Å². The fraction of sp³-hybridized carbons (Fsp3) is 0.545. The molecule has 0 saturated heterocycles. The van der Waals surface area contributed by atoms with E-state index in [1.807, 2.05) is 37.1 Å². The Morgan fingerprint density at radius 1 is 1.26 bits per heavy atom. The number of rotatable bonds is 8. The van der Waals surface area contributed by atoms with Crippen molar-refractivity contribution in [1.29, 1.82) is 0 Å². The lowest BCUT2D eigenvalue weighted by Crippen LogP contribution is -2.42. The average Bonchev–Trinajstić information content (AvgIpc) is 3.40. The number of thioether (sulfide) groups is 2. The van der Waals surface area contributed by atoms with Crippen LogP contribution in [0.3, 0.4) is 0 Å². The Balaban J connectivity index is 1.39. The van der Waals surface area contributed by atoms with Gasteiger partial charge in [-0.25, -0.2) is 4.98 Å². The van der Waals surface area contributed by atoms with Crippen molar-refractivity contribution in [2.75, 3.05) is 7.05 Å². The minimum absolute atomic E-state index is 0.175. The van der Waals surface area contributed by atoms with Gasteiger partial charge in [0.1, 0.15) is 5.82 Å². The molecule has 4 rings (SSSR count). The summed E-state index contributed by atoms with van der Waals surface area (Å²) in [5.41, 5.74) is 1.04. The molecule has 166 valence electrons. The maximum atomic E-state index is 13.0. The lowest BCUT2D eigenvalue weighted by molar-refractivity contribution is -0.131. The van der Waals surface area contributed by atoms with E-state index >= 15 is 0 Å². The minimum atomic E-state index is -0.175. The first-order valence-corrected chi connectivity index (χ1v) is 13.6. The van der Waals surface area contributed by atoms with Crippen LogP contribution in [0.1, 0.15) is 51.8 Å². The van der Waals surface area contributed by atoms with E-state index in [2.05, 4.69) is 27.8 Å². The lowest BCUT2D eigenvalue weighted by Gasteiger charge is -2.32. The first-order valence-electron chi connectivity index (χ1n) is 10.9. The minimum Gasteiger partial charge on any atom is -0.342 e. The van der Waals surface area contributed by atoms with E-state index in [1.165, 1.54) is 35.7 Å². The number of thiazole rings is 1. The van der Waals surface area contributed by atoms with Crippen molar-refractivity contribution in [3.63, 3.8) is 0 Å². The van der Waals surface area contributed by atoms with Crippen LogP contribution in [0.5, 0.6) is 0 Å². The number of benzene rings is 1. The van der Waals surface area contributed by atoms with Crippen molar-refractivity contribution < 1.29 is 4.79 Å². The molecule has 1 aliphatic carbocycles. The van der Waals surface area contributed by atoms with Gasteiger partial charge in [-0.2, -0.15) is 0 Å². The summed E-state index contributed by atoms with van der Waals surface area (Å²) in [6.07, 6.45) is 5.99. The first kappa shape index (κ1) is 22.6. The molecule has 31 heavy (non-hydrogen) atoms. The third kappa shape index (κ3) is 5.26. The highest BCUT2D eigenvalue weighted by molar-refractivity contribution is 8.00. The van der Waals surface area contributed by atoms with Crippen LogP contribution in [0.15, 0.2) is 33.8 Å². The Morgan fingerprint density at radius 3 is 2.77 bits per heavy atom. The van der Waals surface area contributed by atoms with Crippen molar-refractivity contribution in [2.45, 2.75) is 79.0 Å². The number of aromatic nitrogens is 4. The molecule has 1 fully saturated rings. The van der Waals surface area contributed by atoms with Crippen molar-refractivity contribution in [2.24, 2.45) is 0 Å². The van der Waals surface area contributed by atoms with Gasteiger partial charge in [-0.3, -0.25) is 4.79 Å². The molecule has 0 bridgehead atoms. The Kier molecular flexibility index (Phi) is 7.55. The number of fused-ring (bicyclic) bond motifs is 1. The summed E-state index contributed by atoms with van der Waals surface area (Å²) in [6.45, 7) is 4.86. The molecule has 1 aliphatic rings. The number of amides is 1. The number of hydrogen-bond donors (Lipinski definition) is 0. The molecular weight excluding hydrogens is 446 g/mol. The van der Waals surface area contributed by atoms with Crippen molar-refractivity contribution >= 4 is 51.0 Å². The predicted octanol–water partition coefficient (Wildman–Crippen LogP) is 5.47. The number of para-hydroxylation sites is 1. The van der Waals surface area contributed by atoms with E-state index < -0.39 is 0 Å². The molecule has 6 nitrogen and oxygen atoms in total. The molecule has 0 aliphatic heterocycles. The van der Waals surface area contributed by atoms with Crippen LogP contribution in [-0.2, 0) is 17.1 Å². The molecule has 0 N–H and O–H groups in total. The number of nitrogens with zero attached hydrogens (tertiary/aromatic N) is 5. The molecule has 1 aromatic carbocycles. The van der Waals surface area contributed by atoms with Crippen molar-refractivity contribution in [1.82, 2.24) is 24.6 Å². The van der Waals surface area contributed by atoms with Crippen LogP contribution < -0.4 is 0 Å². The number of carbonyl (C=O) groups excluding carboxylic acids is 1. The number of hydrogen-bond acceptors (Lipinski definition) is 7. The van der Waals surface area contributed by atoms with Gasteiger partial charge in [-0.05, 0) is 38.8 Å². The van der Waals surface area contributed by atoms with Gasteiger partial charge < -0.3 is 9.47 Å². The van der Waals surface area contributed by atoms with E-state index in [-0.39, 0.29) is 11.2 Å². The molecule has 0 radical (unpaired) electrons. The second-order valence-corrected chi connectivity index (χ2v) is 11.4. The van der Waals surface area contributed by atoms with Gasteiger partial charge in [0.05, 0.1) is 21.2 Å². The summed E-state index contributed by atoms with van der Waals surface area (Å²) in [5, 5.41) is 9.48. The van der Waals surface area contributed by atoms with Gasteiger partial charge in [0.25, 0.3) is 0 Å². The van der Waals surface area contributed by atoms with Crippen LogP contribution in [-0.4, -0.2) is 48.9 Å². The number of carbonyl (C=O) groups is 1. The predicted molar refractivity (Wildman–Crippen MR) is 130 cm³/mol. The zero-order valence-corrected chi connectivity index (χ0v) is 20.7. The van der Waals surface area contributed by atoms with Crippen molar-refractivity contribution in [3.05, 3.63) is 30.1 Å². The van der Waals surface area contributed by atoms with Gasteiger partial charge in [-0.1, -0.05) is 54.9 Å². The van der Waals surface area contributed by atoms with Gasteiger partial charge >= 0.3 is 0 Å². The zero-order chi connectivity index (χ0) is 21.8. The highest BCUT2D eigenvalue weighted by Crippen LogP contribution is 2.32. The molecule has 3 aromatic rings. The molecular formula is C22H29N5OS3. The summed E-state index contributed by atoms with van der Waals surface area (Å²) in [5.74, 6) is 1.83. The molecule has 1 amide bonds. The maximum absolute atomic E-state index is 13.0. The standard InChI is InChI=1S/C22H29N5OS3/c1-4-27-19(14-29-22-23-17-12-8-9-13-18(17)31-22)24-25-21(27)30-15(2)20(28)26(3)16-10-6-5-7-11-16/h8-9,12-13,15-16H,4-7,10-11,14H2,1-3H3. The SMILES string of the molecule is CCn1c(CSc2nc3ccccc3s2)nnc1SC(C)C(=O)N(C)C1CCCCC1. The fourth-order valence-electron chi connectivity index (χ4n) is 4.01. The highest BCUT2D eigenvalue weighted by Gasteiger charge is 2.27. The van der Waals surface area contributed by atoms with Gasteiger partial charge in [0, 0.05) is 19.6 Å². The summed E-state index contributed by atoms with van der Waals surface area (Å²) < 4.78 is 4.36. The summed E-state index contributed by atoms with van der Waals surface area (Å²) in [4.78, 5) is 19.6. The highest BCUT2D eigenvalue weighted by atomic mass is 32.2. The second-order valence-electron chi connectivity index (χ2n) is 7.88. The molecule has 1 unspecified atom stereocenters. The van der Waals surface area contributed by atoms with Gasteiger partial charge in [0.15, 0.2) is 9.50 Å². The van der Waals surface area contributed by atoms with E-state index in [1.54, 1.807) is 23.1 Å². The van der Waals surface area contributed by atoms with Crippen LogP contribution in [0, 0.1) is 0 Å². The monoisotopic (exact) mass is 475 g/mol. The van der Waals surface area contributed by atoms with Crippen LogP contribution >= 0.6 is 34.9 Å². The van der Waals surface area contributed by atoms with E-state index in [9.17, 15) is 4.79 Å². The molecule has 9 heteroatoms. The second kappa shape index (κ2) is 10.4. The van der Waals surface area contributed by atoms with Gasteiger partial charge in [0.2, 0.25) is 5.91 Å². The summed E-state index contributed by atoms with van der Waals surface area (Å²) >= 11 is 4.92. The lowest BCUT2D eigenvalue weighted by atomic mass is 9.94. The molecule has 1 atom stereocenters. The summed E-state index contributed by atoms with van der Waals surface area (Å²) in [6, 6.07) is 8.59. The largest absolute Gasteiger partial charge is 0.342 e. The normalized spacial score (nSPS) is 16.0. The average molecular weight is 476 g/mol. The Bertz CT molecular complexity index is 994. The Labute approximate surface area is 196 Å². The van der Waals surface area contributed by atoms with E-state index in [4.69, 9.17) is 4.98 Å². The third-order valence-electron chi connectivity index (χ3n) is 5.81. The molecule has 0 spiro atoms. The Hall–Kier alpha value is -1.58. The van der Waals surface area contributed by atoms with Crippen LogP contribution in [0.25, 0.3) is 10.2 Å². The first-order chi connectivity index (χ1) is 15.1. The fourth-order valence-corrected chi connectivity index (χ4v) is 7.05. The van der Waals surface area contributed by atoms with E-state index in [0.717, 1.165) is 40.2 Å². The Morgan fingerprint density at radius 2 is 2.03 bits per heavy atom. The molecule has 2 heterocycles. The van der Waals surface area contributed by atoms with Crippen LogP contribution in [0.4, 0.5) is 0 Å². The zero-order valence-electron chi connectivity index (χ0n) is 18.3. The smallest absolute Gasteiger partial charge is 0.235 e. The van der Waals surface area contributed by atoms with Crippen LogP contribution in [0.2, 0.25) is 0 Å². The molecule has 1 saturated carbocycles.